The zero-order chi connectivity index (χ0) is 42.4. The van der Waals surface area contributed by atoms with Gasteiger partial charge in [-0.2, -0.15) is 10.5 Å². The molecule has 0 saturated carbocycles. The van der Waals surface area contributed by atoms with Crippen molar-refractivity contribution in [3.63, 3.8) is 0 Å². The Bertz CT molecular complexity index is 1710. The number of unbranched alkanes of at least 4 members (excludes halogenated alkanes) is 2. The third-order valence-corrected chi connectivity index (χ3v) is 9.94. The van der Waals surface area contributed by atoms with Gasteiger partial charge in [-0.05, 0) is 74.8 Å². The topological polar surface area (TPSA) is 173 Å². The van der Waals surface area contributed by atoms with Crippen LogP contribution < -0.4 is 4.90 Å². The zero-order valence-corrected chi connectivity index (χ0v) is 35.7. The smallest absolute Gasteiger partial charge is 0.306 e. The largest absolute Gasteiger partial charge is 0.463 e. The number of ether oxygens (including phenoxy) is 5. The van der Waals surface area contributed by atoms with Crippen molar-refractivity contribution in [3.8, 4) is 12.1 Å². The summed E-state index contributed by atoms with van der Waals surface area (Å²) in [7, 11) is 0. The van der Waals surface area contributed by atoms with Gasteiger partial charge in [-0.25, -0.2) is 0 Å². The summed E-state index contributed by atoms with van der Waals surface area (Å²) in [5, 5.41) is 28.0. The third-order valence-electron chi connectivity index (χ3n) is 8.86. The predicted octanol–water partition coefficient (Wildman–Crippen LogP) is 9.19. The molecule has 2 atom stereocenters. The number of allylic oxidation sites excluding steroid dienone is 4. The number of nitriles is 2. The SMILES string of the molecule is CCC/C=C/CC(C)CC(=O)OCCOCCN(CCOCCOCCOC(=O)CC(C=O)C/C=C/CCC)c1ccc(N=Nc2sc(C#N)c(C)c2C#N)c(C)c1. The van der Waals surface area contributed by atoms with Crippen LogP contribution in [0, 0.1) is 48.3 Å². The highest BCUT2D eigenvalue weighted by molar-refractivity contribution is 7.16. The van der Waals surface area contributed by atoms with E-state index in [1.807, 2.05) is 44.2 Å². The molecule has 2 unspecified atom stereocenters. The molecule has 0 spiro atoms. The van der Waals surface area contributed by atoms with Gasteiger partial charge in [0.05, 0.1) is 57.3 Å². The molecular formula is C44H61N5O8S. The highest BCUT2D eigenvalue weighted by Crippen LogP contribution is 2.36. The van der Waals surface area contributed by atoms with Gasteiger partial charge in [0.15, 0.2) is 5.00 Å². The Balaban J connectivity index is 1.88. The number of aldehydes is 1. The molecule has 13 nitrogen and oxygen atoms in total. The summed E-state index contributed by atoms with van der Waals surface area (Å²) in [6.45, 7) is 13.2. The number of thiophene rings is 1. The van der Waals surface area contributed by atoms with Gasteiger partial charge in [0, 0.05) is 31.1 Å². The van der Waals surface area contributed by atoms with Crippen LogP contribution in [-0.4, -0.2) is 84.2 Å². The number of anilines is 1. The van der Waals surface area contributed by atoms with Crippen LogP contribution in [0.3, 0.4) is 0 Å². The van der Waals surface area contributed by atoms with E-state index in [0.29, 0.717) is 79.1 Å². The molecule has 0 aliphatic heterocycles. The lowest BCUT2D eigenvalue weighted by atomic mass is 10.0. The van der Waals surface area contributed by atoms with Gasteiger partial charge in [-0.15, -0.1) is 21.6 Å². The fourth-order valence-electron chi connectivity index (χ4n) is 5.48. The van der Waals surface area contributed by atoms with E-state index in [1.165, 1.54) is 0 Å². The molecule has 0 fully saturated rings. The van der Waals surface area contributed by atoms with Crippen molar-refractivity contribution in [2.75, 3.05) is 70.8 Å². The Labute approximate surface area is 348 Å². The Kier molecular flexibility index (Phi) is 25.9. The lowest BCUT2D eigenvalue weighted by Gasteiger charge is -2.25. The fourth-order valence-corrected chi connectivity index (χ4v) is 6.36. The van der Waals surface area contributed by atoms with Crippen molar-refractivity contribution in [2.24, 2.45) is 22.1 Å². The fraction of sp³-hybridized carbons (Fsp3) is 0.568. The van der Waals surface area contributed by atoms with Crippen molar-refractivity contribution in [1.82, 2.24) is 0 Å². The molecule has 1 aromatic carbocycles. The molecule has 0 radical (unpaired) electrons. The summed E-state index contributed by atoms with van der Waals surface area (Å²) in [6.07, 6.45) is 14.9. The maximum Gasteiger partial charge on any atom is 0.306 e. The first-order valence-corrected chi connectivity index (χ1v) is 21.0. The van der Waals surface area contributed by atoms with Gasteiger partial charge in [-0.3, -0.25) is 9.59 Å². The summed E-state index contributed by atoms with van der Waals surface area (Å²) in [5.41, 5.74) is 3.37. The number of hydrogen-bond acceptors (Lipinski definition) is 14. The van der Waals surface area contributed by atoms with Crippen LogP contribution in [0.2, 0.25) is 0 Å². The summed E-state index contributed by atoms with van der Waals surface area (Å²) in [6, 6.07) is 10.00. The average molecular weight is 820 g/mol. The second kappa shape index (κ2) is 30.4. The molecular weight excluding hydrogens is 759 g/mol. The van der Waals surface area contributed by atoms with E-state index in [0.717, 1.165) is 61.0 Å². The minimum Gasteiger partial charge on any atom is -0.463 e. The van der Waals surface area contributed by atoms with Gasteiger partial charge in [0.25, 0.3) is 0 Å². The quantitative estimate of drug-likeness (QED) is 0.0233. The molecule has 2 rings (SSSR count). The lowest BCUT2D eigenvalue weighted by molar-refractivity contribution is -0.147. The van der Waals surface area contributed by atoms with E-state index in [2.05, 4.69) is 53.3 Å². The Morgan fingerprint density at radius 2 is 1.38 bits per heavy atom. The second-order valence-corrected chi connectivity index (χ2v) is 14.8. The molecule has 0 bridgehead atoms. The standard InChI is InChI=1S/C44H61N5O8S/c1-6-8-10-12-14-34(3)28-42(51)56-26-24-54-21-19-49(18-20-53-22-23-55-25-27-57-43(52)30-37(33-50)15-13-11-9-7-2)38-16-17-40(35(4)29-38)47-48-44-39(31-45)36(5)41(32-46)58-44/h10-13,16-17,29,33-34,37H,6-9,14-15,18-28,30H2,1-5H3/b12-10+,13-11+,48-47?. The minimum absolute atomic E-state index is 0.0450. The van der Waals surface area contributed by atoms with Crippen LogP contribution in [-0.2, 0) is 38.1 Å². The number of aryl methyl sites for hydroxylation is 1. The highest BCUT2D eigenvalue weighted by atomic mass is 32.1. The van der Waals surface area contributed by atoms with Crippen LogP contribution in [0.1, 0.15) is 93.7 Å². The van der Waals surface area contributed by atoms with Crippen LogP contribution in [0.25, 0.3) is 0 Å². The Morgan fingerprint density at radius 1 is 0.793 bits per heavy atom. The molecule has 14 heteroatoms. The number of azo groups is 1. The first-order chi connectivity index (χ1) is 28.2. The maximum absolute atomic E-state index is 12.3. The van der Waals surface area contributed by atoms with Crippen LogP contribution >= 0.6 is 11.3 Å². The van der Waals surface area contributed by atoms with Gasteiger partial charge in [0.2, 0.25) is 0 Å². The first-order valence-electron chi connectivity index (χ1n) is 20.2. The van der Waals surface area contributed by atoms with E-state index >= 15 is 0 Å². The van der Waals surface area contributed by atoms with Gasteiger partial charge >= 0.3 is 11.9 Å². The van der Waals surface area contributed by atoms with Crippen molar-refractivity contribution in [1.29, 1.82) is 10.5 Å². The molecule has 0 aliphatic carbocycles. The average Bonchev–Trinajstić information content (AvgIpc) is 3.53. The Hall–Kier alpha value is -4.73. The van der Waals surface area contributed by atoms with Crippen LogP contribution in [0.15, 0.2) is 52.7 Å². The lowest BCUT2D eigenvalue weighted by Crippen LogP contribution is -2.31. The minimum atomic E-state index is -0.423. The van der Waals surface area contributed by atoms with Crippen molar-refractivity contribution in [3.05, 3.63) is 64.1 Å². The highest BCUT2D eigenvalue weighted by Gasteiger charge is 2.16. The molecule has 2 aromatic rings. The number of carbonyl (C=O) groups is 3. The summed E-state index contributed by atoms with van der Waals surface area (Å²) in [4.78, 5) is 38.3. The normalized spacial score (nSPS) is 12.5. The first kappa shape index (κ1) is 49.4. The van der Waals surface area contributed by atoms with Crippen LogP contribution in [0.5, 0.6) is 0 Å². The number of hydrogen-bond donors (Lipinski definition) is 0. The van der Waals surface area contributed by atoms with Crippen molar-refractivity contribution < 1.29 is 38.1 Å². The molecule has 0 amide bonds. The second-order valence-electron chi connectivity index (χ2n) is 13.8. The van der Waals surface area contributed by atoms with Gasteiger partial charge in [-0.1, -0.05) is 57.9 Å². The molecule has 1 aromatic heterocycles. The number of benzene rings is 1. The van der Waals surface area contributed by atoms with E-state index in [9.17, 15) is 24.9 Å². The molecule has 1 heterocycles. The molecule has 0 saturated heterocycles. The predicted molar refractivity (Wildman–Crippen MR) is 226 cm³/mol. The van der Waals surface area contributed by atoms with E-state index in [4.69, 9.17) is 23.7 Å². The number of esters is 2. The number of rotatable bonds is 31. The molecule has 58 heavy (non-hydrogen) atoms. The monoisotopic (exact) mass is 819 g/mol. The molecule has 0 N–H and O–H groups in total. The van der Waals surface area contributed by atoms with Gasteiger partial charge < -0.3 is 33.4 Å². The zero-order valence-electron chi connectivity index (χ0n) is 34.9. The van der Waals surface area contributed by atoms with E-state index in [-0.39, 0.29) is 50.7 Å². The van der Waals surface area contributed by atoms with Crippen molar-refractivity contribution >= 4 is 45.9 Å². The summed E-state index contributed by atoms with van der Waals surface area (Å²) >= 11 is 1.14. The summed E-state index contributed by atoms with van der Waals surface area (Å²) in [5.74, 6) is -0.825. The number of nitrogens with zero attached hydrogens (tertiary/aromatic N) is 5. The summed E-state index contributed by atoms with van der Waals surface area (Å²) < 4.78 is 27.9. The number of carbonyl (C=O) groups excluding carboxylic acids is 3. The van der Waals surface area contributed by atoms with E-state index in [1.54, 1.807) is 6.92 Å². The molecule has 316 valence electrons. The van der Waals surface area contributed by atoms with Crippen molar-refractivity contribution in [2.45, 2.75) is 86.0 Å². The van der Waals surface area contributed by atoms with Gasteiger partial charge in [0.1, 0.15) is 36.5 Å². The maximum atomic E-state index is 12.3. The third kappa shape index (κ3) is 20.1. The Morgan fingerprint density at radius 3 is 1.95 bits per heavy atom. The van der Waals surface area contributed by atoms with Crippen LogP contribution in [0.4, 0.5) is 16.4 Å². The molecule has 0 aliphatic rings. The van der Waals surface area contributed by atoms with E-state index < -0.39 is 5.97 Å².